The van der Waals surface area contributed by atoms with Crippen LogP contribution in [0.25, 0.3) is 0 Å². The molecule has 3 rings (SSSR count). The molecule has 24 heavy (non-hydrogen) atoms. The van der Waals surface area contributed by atoms with Crippen molar-refractivity contribution in [3.63, 3.8) is 0 Å². The molecule has 1 N–H and O–H groups in total. The number of likely N-dealkylation sites (tertiary alicyclic amines) is 1. The average Bonchev–Trinajstić information content (AvgIpc) is 2.96. The molecular formula is C17H20N4O3. The van der Waals surface area contributed by atoms with E-state index in [0.717, 1.165) is 19.4 Å². The molecule has 1 saturated heterocycles. The molecule has 2 fully saturated rings. The van der Waals surface area contributed by atoms with E-state index >= 15 is 0 Å². The van der Waals surface area contributed by atoms with Gasteiger partial charge < -0.3 is 10.2 Å². The van der Waals surface area contributed by atoms with Crippen molar-refractivity contribution in [1.82, 2.24) is 4.90 Å². The first kappa shape index (κ1) is 16.2. The number of carbonyl (C=O) groups is 1. The van der Waals surface area contributed by atoms with E-state index in [9.17, 15) is 14.9 Å². The highest BCUT2D eigenvalue weighted by Gasteiger charge is 2.36. The number of nitrogens with one attached hydrogen (secondary N) is 1. The van der Waals surface area contributed by atoms with Crippen molar-refractivity contribution in [2.24, 2.45) is 0 Å². The maximum atomic E-state index is 12.6. The smallest absolute Gasteiger partial charge is 0.287 e. The Morgan fingerprint density at radius 1 is 1.25 bits per heavy atom. The number of amides is 1. The van der Waals surface area contributed by atoms with Crippen LogP contribution in [0, 0.1) is 21.4 Å². The molecule has 7 nitrogen and oxygen atoms in total. The lowest BCUT2D eigenvalue weighted by Gasteiger charge is -2.31. The Hall–Kier alpha value is -2.62. The number of rotatable bonds is 4. The quantitative estimate of drug-likeness (QED) is 0.677. The molecule has 0 aromatic heterocycles. The summed E-state index contributed by atoms with van der Waals surface area (Å²) in [5, 5.41) is 23.1. The van der Waals surface area contributed by atoms with Gasteiger partial charge in [0.1, 0.15) is 17.7 Å². The number of nitriles is 1. The van der Waals surface area contributed by atoms with Crippen molar-refractivity contribution in [3.8, 4) is 6.07 Å². The number of anilines is 1. The number of carbonyl (C=O) groups excluding carboxylic acids is 1. The lowest BCUT2D eigenvalue weighted by Crippen LogP contribution is -2.41. The zero-order valence-electron chi connectivity index (χ0n) is 13.4. The molecule has 1 amide bonds. The average molecular weight is 328 g/mol. The minimum Gasteiger partial charge on any atom is -0.374 e. The van der Waals surface area contributed by atoms with Crippen molar-refractivity contribution in [3.05, 3.63) is 33.9 Å². The van der Waals surface area contributed by atoms with E-state index in [2.05, 4.69) is 5.32 Å². The van der Waals surface area contributed by atoms with E-state index in [4.69, 9.17) is 5.26 Å². The topological polar surface area (TPSA) is 99.3 Å². The summed E-state index contributed by atoms with van der Waals surface area (Å²) in [5.41, 5.74) is 0.352. The maximum absolute atomic E-state index is 12.6. The third kappa shape index (κ3) is 3.18. The van der Waals surface area contributed by atoms with Crippen LogP contribution in [0.4, 0.5) is 11.4 Å². The molecule has 0 unspecified atom stereocenters. The minimum absolute atomic E-state index is 0.000387. The van der Waals surface area contributed by atoms with Crippen LogP contribution in [0.3, 0.4) is 0 Å². The molecule has 1 aliphatic heterocycles. The number of nitro benzene ring substituents is 1. The highest BCUT2D eigenvalue weighted by molar-refractivity contribution is 5.87. The van der Waals surface area contributed by atoms with Crippen molar-refractivity contribution < 1.29 is 9.72 Å². The van der Waals surface area contributed by atoms with E-state index in [0.29, 0.717) is 18.2 Å². The van der Waals surface area contributed by atoms with Crippen molar-refractivity contribution in [2.75, 3.05) is 11.9 Å². The summed E-state index contributed by atoms with van der Waals surface area (Å²) < 4.78 is 0. The molecule has 2 aliphatic rings. The van der Waals surface area contributed by atoms with Gasteiger partial charge in [-0.2, -0.15) is 5.26 Å². The largest absolute Gasteiger partial charge is 0.374 e. The first-order valence-electron chi connectivity index (χ1n) is 8.35. The van der Waals surface area contributed by atoms with Gasteiger partial charge in [-0.05, 0) is 31.4 Å². The number of hydrogen-bond acceptors (Lipinski definition) is 5. The third-order valence-electron chi connectivity index (χ3n) is 4.91. The molecule has 126 valence electrons. The Morgan fingerprint density at radius 3 is 2.67 bits per heavy atom. The molecule has 1 aliphatic carbocycles. The zero-order chi connectivity index (χ0) is 17.1. The van der Waals surface area contributed by atoms with Crippen molar-refractivity contribution in [2.45, 2.75) is 50.6 Å². The fraction of sp³-hybridized carbons (Fsp3) is 0.529. The Balaban J connectivity index is 1.69. The highest BCUT2D eigenvalue weighted by Crippen LogP contribution is 2.28. The Kier molecular flexibility index (Phi) is 4.65. The second-order valence-electron chi connectivity index (χ2n) is 6.41. The van der Waals surface area contributed by atoms with Crippen molar-refractivity contribution >= 4 is 17.3 Å². The molecule has 0 bridgehead atoms. The summed E-state index contributed by atoms with van der Waals surface area (Å²) in [6.07, 6.45) is 6.48. The molecule has 1 aromatic carbocycles. The van der Waals surface area contributed by atoms with Crippen LogP contribution in [0.15, 0.2) is 18.2 Å². The summed E-state index contributed by atoms with van der Waals surface area (Å²) in [5.74, 6) is 0.0961. The number of hydrogen-bond donors (Lipinski definition) is 1. The highest BCUT2D eigenvalue weighted by atomic mass is 16.6. The summed E-state index contributed by atoms with van der Waals surface area (Å²) >= 11 is 0. The van der Waals surface area contributed by atoms with Gasteiger partial charge in [0.05, 0.1) is 4.92 Å². The van der Waals surface area contributed by atoms with E-state index in [1.807, 2.05) is 11.0 Å². The van der Waals surface area contributed by atoms with Gasteiger partial charge >= 0.3 is 0 Å². The number of nitro groups is 1. The maximum Gasteiger partial charge on any atom is 0.287 e. The van der Waals surface area contributed by atoms with E-state index in [1.165, 1.54) is 31.4 Å². The molecule has 1 heterocycles. The summed E-state index contributed by atoms with van der Waals surface area (Å²) in [6.45, 7) is 0.749. The van der Waals surface area contributed by atoms with Crippen LogP contribution >= 0.6 is 0 Å². The Labute approximate surface area is 140 Å². The van der Waals surface area contributed by atoms with Gasteiger partial charge in [0.15, 0.2) is 0 Å². The first-order valence-corrected chi connectivity index (χ1v) is 8.35. The lowest BCUT2D eigenvalue weighted by molar-refractivity contribution is -0.385. The van der Waals surface area contributed by atoms with Gasteiger partial charge in [0.25, 0.3) is 5.69 Å². The molecule has 1 aromatic rings. The summed E-state index contributed by atoms with van der Waals surface area (Å²) in [4.78, 5) is 24.9. The monoisotopic (exact) mass is 328 g/mol. The van der Waals surface area contributed by atoms with Crippen LogP contribution in [0.2, 0.25) is 0 Å². The van der Waals surface area contributed by atoms with Crippen molar-refractivity contribution in [1.29, 1.82) is 5.26 Å². The summed E-state index contributed by atoms with van der Waals surface area (Å²) in [7, 11) is 0. The molecular weight excluding hydrogens is 308 g/mol. The fourth-order valence-corrected chi connectivity index (χ4v) is 3.67. The van der Waals surface area contributed by atoms with E-state index < -0.39 is 4.92 Å². The number of nitrogens with zero attached hydrogens (tertiary/aromatic N) is 3. The third-order valence-corrected chi connectivity index (χ3v) is 4.91. The lowest BCUT2D eigenvalue weighted by atomic mass is 9.94. The van der Waals surface area contributed by atoms with Gasteiger partial charge in [-0.25, -0.2) is 0 Å². The van der Waals surface area contributed by atoms with Crippen LogP contribution in [-0.2, 0) is 4.79 Å². The molecule has 1 atom stereocenters. The number of benzene rings is 1. The van der Waals surface area contributed by atoms with Gasteiger partial charge in [-0.15, -0.1) is 0 Å². The van der Waals surface area contributed by atoms with Crippen LogP contribution in [0.5, 0.6) is 0 Å². The van der Waals surface area contributed by atoms with Gasteiger partial charge in [-0.1, -0.05) is 19.3 Å². The molecule has 0 spiro atoms. The second kappa shape index (κ2) is 6.87. The normalized spacial score (nSPS) is 21.5. The molecule has 7 heteroatoms. The second-order valence-corrected chi connectivity index (χ2v) is 6.41. The van der Waals surface area contributed by atoms with Gasteiger partial charge in [-0.3, -0.25) is 14.9 Å². The Bertz CT molecular complexity index is 692. The van der Waals surface area contributed by atoms with E-state index in [-0.39, 0.29) is 23.2 Å². The predicted molar refractivity (Wildman–Crippen MR) is 88.4 cm³/mol. The van der Waals surface area contributed by atoms with Gasteiger partial charge in [0.2, 0.25) is 5.91 Å². The SMILES string of the molecule is N#Cc1cc(N[C@@H]2CCN(C3CCCCC3)C2=O)ccc1[N+](=O)[O-]. The Morgan fingerprint density at radius 2 is 2.00 bits per heavy atom. The zero-order valence-corrected chi connectivity index (χ0v) is 13.4. The molecule has 1 saturated carbocycles. The van der Waals surface area contributed by atoms with E-state index in [1.54, 1.807) is 6.07 Å². The first-order chi connectivity index (χ1) is 11.6. The summed E-state index contributed by atoms with van der Waals surface area (Å²) in [6, 6.07) is 6.16. The standard InChI is InChI=1S/C17H20N4O3/c18-11-12-10-13(6-7-16(12)21(23)24)19-15-8-9-20(17(15)22)14-4-2-1-3-5-14/h6-7,10,14-15,19H,1-5,8-9H2/t15-/m1/s1. The van der Waals surface area contributed by atoms with Crippen LogP contribution in [0.1, 0.15) is 44.1 Å². The molecule has 0 radical (unpaired) electrons. The van der Waals surface area contributed by atoms with Crippen LogP contribution < -0.4 is 5.32 Å². The predicted octanol–water partition coefficient (Wildman–Crippen LogP) is 2.81. The van der Waals surface area contributed by atoms with Gasteiger partial charge in [0, 0.05) is 24.3 Å². The minimum atomic E-state index is -0.576. The van der Waals surface area contributed by atoms with Crippen LogP contribution in [-0.4, -0.2) is 34.4 Å². The fourth-order valence-electron chi connectivity index (χ4n) is 3.67.